The van der Waals surface area contributed by atoms with Gasteiger partial charge in [0.1, 0.15) is 11.5 Å². The summed E-state index contributed by atoms with van der Waals surface area (Å²) in [7, 11) is 3.21. The Morgan fingerprint density at radius 3 is 2.20 bits per heavy atom. The zero-order valence-corrected chi connectivity index (χ0v) is 10.3. The summed E-state index contributed by atoms with van der Waals surface area (Å²) in [6, 6.07) is 3.63. The maximum atomic E-state index is 10.1. The first-order valence-corrected chi connectivity index (χ1v) is 5.55. The average Bonchev–Trinajstić information content (AvgIpc) is 2.96. The highest BCUT2D eigenvalue weighted by molar-refractivity contribution is 9.10. The molecule has 3 nitrogen and oxygen atoms in total. The fraction of sp³-hybridized carbons (Fsp3) is 0.455. The van der Waals surface area contributed by atoms with Crippen LogP contribution in [0, 0.1) is 0 Å². The molecule has 15 heavy (non-hydrogen) atoms. The van der Waals surface area contributed by atoms with Crippen molar-refractivity contribution in [3.8, 4) is 11.5 Å². The van der Waals surface area contributed by atoms with E-state index in [-0.39, 0.29) is 0 Å². The lowest BCUT2D eigenvalue weighted by Crippen LogP contribution is -2.08. The lowest BCUT2D eigenvalue weighted by Gasteiger charge is -2.17. The average molecular weight is 273 g/mol. The lowest BCUT2D eigenvalue weighted by molar-refractivity contribution is 0.146. The van der Waals surface area contributed by atoms with Crippen LogP contribution in [0.2, 0.25) is 0 Å². The third-order valence-electron chi connectivity index (χ3n) is 2.70. The summed E-state index contributed by atoms with van der Waals surface area (Å²) in [5.41, 5.74) is 0.0583. The molecule has 0 atom stereocenters. The molecule has 0 heterocycles. The molecule has 1 aliphatic carbocycles. The van der Waals surface area contributed by atoms with Crippen molar-refractivity contribution < 1.29 is 14.6 Å². The molecule has 0 unspecified atom stereocenters. The van der Waals surface area contributed by atoms with Crippen molar-refractivity contribution in [3.05, 3.63) is 22.2 Å². The molecule has 0 amide bonds. The van der Waals surface area contributed by atoms with Crippen LogP contribution in [0.25, 0.3) is 0 Å². The van der Waals surface area contributed by atoms with E-state index in [1.165, 1.54) is 0 Å². The van der Waals surface area contributed by atoms with Crippen molar-refractivity contribution in [1.82, 2.24) is 0 Å². The van der Waals surface area contributed by atoms with Crippen LogP contribution in [0.5, 0.6) is 11.5 Å². The SMILES string of the molecule is COc1ccc(OC)c(C2(O)CC2)c1Br. The van der Waals surface area contributed by atoms with E-state index in [2.05, 4.69) is 15.9 Å². The molecule has 1 aromatic rings. The highest BCUT2D eigenvalue weighted by atomic mass is 79.9. The number of methoxy groups -OCH3 is 2. The van der Waals surface area contributed by atoms with E-state index in [0.717, 1.165) is 22.9 Å². The highest BCUT2D eigenvalue weighted by Gasteiger charge is 2.46. The summed E-state index contributed by atoms with van der Waals surface area (Å²) in [4.78, 5) is 0. The maximum absolute atomic E-state index is 10.1. The zero-order valence-electron chi connectivity index (χ0n) is 8.71. The van der Waals surface area contributed by atoms with Crippen molar-refractivity contribution in [3.63, 3.8) is 0 Å². The van der Waals surface area contributed by atoms with Gasteiger partial charge in [-0.05, 0) is 40.9 Å². The van der Waals surface area contributed by atoms with Gasteiger partial charge in [-0.2, -0.15) is 0 Å². The van der Waals surface area contributed by atoms with Gasteiger partial charge in [-0.15, -0.1) is 0 Å². The van der Waals surface area contributed by atoms with Crippen molar-refractivity contribution >= 4 is 15.9 Å². The number of hydrogen-bond donors (Lipinski definition) is 1. The van der Waals surface area contributed by atoms with Gasteiger partial charge in [-0.3, -0.25) is 0 Å². The summed E-state index contributed by atoms with van der Waals surface area (Å²) in [6.07, 6.45) is 1.55. The lowest BCUT2D eigenvalue weighted by atomic mass is 10.1. The van der Waals surface area contributed by atoms with E-state index in [4.69, 9.17) is 9.47 Å². The number of aliphatic hydroxyl groups is 1. The number of hydrogen-bond acceptors (Lipinski definition) is 3. The van der Waals surface area contributed by atoms with Gasteiger partial charge in [0.25, 0.3) is 0 Å². The molecule has 1 fully saturated rings. The molecule has 0 spiro atoms. The molecular formula is C11H13BrO3. The number of benzene rings is 1. The molecule has 1 saturated carbocycles. The van der Waals surface area contributed by atoms with Gasteiger partial charge in [-0.1, -0.05) is 0 Å². The quantitative estimate of drug-likeness (QED) is 0.919. The maximum Gasteiger partial charge on any atom is 0.133 e. The Kier molecular flexibility index (Phi) is 2.64. The monoisotopic (exact) mass is 272 g/mol. The molecule has 0 bridgehead atoms. The van der Waals surface area contributed by atoms with E-state index in [1.807, 2.05) is 12.1 Å². The van der Waals surface area contributed by atoms with Gasteiger partial charge >= 0.3 is 0 Å². The second-order valence-corrected chi connectivity index (χ2v) is 4.48. The van der Waals surface area contributed by atoms with Crippen LogP contribution >= 0.6 is 15.9 Å². The first-order chi connectivity index (χ1) is 7.12. The number of ether oxygens (including phenoxy) is 2. The Hall–Kier alpha value is -0.740. The Labute approximate surface area is 97.1 Å². The number of halogens is 1. The fourth-order valence-corrected chi connectivity index (χ4v) is 2.53. The summed E-state index contributed by atoms with van der Waals surface area (Å²) >= 11 is 3.44. The van der Waals surface area contributed by atoms with Crippen LogP contribution in [-0.4, -0.2) is 19.3 Å². The van der Waals surface area contributed by atoms with Crippen LogP contribution in [0.15, 0.2) is 16.6 Å². The van der Waals surface area contributed by atoms with Gasteiger partial charge in [0.2, 0.25) is 0 Å². The van der Waals surface area contributed by atoms with Crippen LogP contribution < -0.4 is 9.47 Å². The van der Waals surface area contributed by atoms with Crippen molar-refractivity contribution in [1.29, 1.82) is 0 Å². The molecule has 2 rings (SSSR count). The molecule has 1 aromatic carbocycles. The van der Waals surface area contributed by atoms with Crippen molar-refractivity contribution in [2.45, 2.75) is 18.4 Å². The molecule has 4 heteroatoms. The van der Waals surface area contributed by atoms with Crippen LogP contribution in [-0.2, 0) is 5.60 Å². The van der Waals surface area contributed by atoms with E-state index < -0.39 is 5.60 Å². The van der Waals surface area contributed by atoms with Crippen molar-refractivity contribution in [2.24, 2.45) is 0 Å². The molecule has 1 aliphatic rings. The minimum absolute atomic E-state index is 0.697. The summed E-state index contributed by atoms with van der Waals surface area (Å²) < 4.78 is 11.2. The van der Waals surface area contributed by atoms with Crippen LogP contribution in [0.1, 0.15) is 18.4 Å². The largest absolute Gasteiger partial charge is 0.496 e. The summed E-state index contributed by atoms with van der Waals surface area (Å²) in [5, 5.41) is 10.1. The second kappa shape index (κ2) is 3.68. The fourth-order valence-electron chi connectivity index (χ4n) is 1.67. The van der Waals surface area contributed by atoms with Gasteiger partial charge in [0.15, 0.2) is 0 Å². The van der Waals surface area contributed by atoms with Gasteiger partial charge in [-0.25, -0.2) is 0 Å². The number of rotatable bonds is 3. The normalized spacial score (nSPS) is 17.3. The third-order valence-corrected chi connectivity index (χ3v) is 3.48. The van der Waals surface area contributed by atoms with Crippen molar-refractivity contribution in [2.75, 3.05) is 14.2 Å². The highest BCUT2D eigenvalue weighted by Crippen LogP contribution is 2.53. The van der Waals surface area contributed by atoms with Gasteiger partial charge in [0, 0.05) is 5.56 Å². The van der Waals surface area contributed by atoms with Crippen LogP contribution in [0.3, 0.4) is 0 Å². The zero-order chi connectivity index (χ0) is 11.1. The topological polar surface area (TPSA) is 38.7 Å². The van der Waals surface area contributed by atoms with Gasteiger partial charge < -0.3 is 14.6 Å². The van der Waals surface area contributed by atoms with Crippen LogP contribution in [0.4, 0.5) is 0 Å². The molecule has 0 aliphatic heterocycles. The molecular weight excluding hydrogens is 260 g/mol. The Balaban J connectivity index is 2.56. The van der Waals surface area contributed by atoms with E-state index >= 15 is 0 Å². The smallest absolute Gasteiger partial charge is 0.133 e. The Bertz CT molecular complexity index is 386. The van der Waals surface area contributed by atoms with Gasteiger partial charge in [0.05, 0.1) is 24.3 Å². The Morgan fingerprint density at radius 2 is 1.73 bits per heavy atom. The molecule has 82 valence electrons. The predicted molar refractivity (Wildman–Crippen MR) is 60.4 cm³/mol. The molecule has 1 N–H and O–H groups in total. The summed E-state index contributed by atoms with van der Waals surface area (Å²) in [5.74, 6) is 1.41. The minimum atomic E-state index is -0.737. The van der Waals surface area contributed by atoms with E-state index in [9.17, 15) is 5.11 Å². The Morgan fingerprint density at radius 1 is 1.20 bits per heavy atom. The first-order valence-electron chi connectivity index (χ1n) is 4.76. The minimum Gasteiger partial charge on any atom is -0.496 e. The first kappa shape index (κ1) is 10.8. The second-order valence-electron chi connectivity index (χ2n) is 3.69. The van der Waals surface area contributed by atoms with E-state index in [1.54, 1.807) is 14.2 Å². The summed E-state index contributed by atoms with van der Waals surface area (Å²) in [6.45, 7) is 0. The van der Waals surface area contributed by atoms with E-state index in [0.29, 0.717) is 11.5 Å². The molecule has 0 saturated heterocycles. The predicted octanol–water partition coefficient (Wildman–Crippen LogP) is 2.45. The molecule has 0 radical (unpaired) electrons. The standard InChI is InChI=1S/C11H13BrO3/c1-14-7-3-4-8(15-2)10(12)9(7)11(13)5-6-11/h3-4,13H,5-6H2,1-2H3. The molecule has 0 aromatic heterocycles. The third kappa shape index (κ3) is 1.72.